The van der Waals surface area contributed by atoms with Crippen molar-refractivity contribution in [1.82, 2.24) is 0 Å². The van der Waals surface area contributed by atoms with Gasteiger partial charge in [0, 0.05) is 10.0 Å². The molecule has 0 saturated heterocycles. The van der Waals surface area contributed by atoms with Gasteiger partial charge < -0.3 is 9.84 Å². The summed E-state index contributed by atoms with van der Waals surface area (Å²) in [5.41, 5.74) is 2.20. The van der Waals surface area contributed by atoms with Gasteiger partial charge in [0.15, 0.2) is 0 Å². The first-order chi connectivity index (χ1) is 10.2. The zero-order valence-corrected chi connectivity index (χ0v) is 13.6. The van der Waals surface area contributed by atoms with Crippen molar-refractivity contribution in [2.24, 2.45) is 5.92 Å². The van der Waals surface area contributed by atoms with Gasteiger partial charge in [-0.25, -0.2) is 0 Å². The zero-order valence-electron chi connectivity index (χ0n) is 12.0. The first-order valence-electron chi connectivity index (χ1n) is 7.36. The fourth-order valence-electron chi connectivity index (χ4n) is 2.92. The molecule has 2 nitrogen and oxygen atoms in total. The maximum atomic E-state index is 10.7. The van der Waals surface area contributed by atoms with E-state index in [1.54, 1.807) is 0 Å². The number of aliphatic hydroxyl groups excluding tert-OH is 1. The fraction of sp³-hybridized carbons (Fsp3) is 0.333. The Balaban J connectivity index is 1.80. The van der Waals surface area contributed by atoms with Gasteiger partial charge >= 0.3 is 0 Å². The third-order valence-electron chi connectivity index (χ3n) is 4.06. The summed E-state index contributed by atoms with van der Waals surface area (Å²) in [7, 11) is 0. The monoisotopic (exact) mass is 346 g/mol. The van der Waals surface area contributed by atoms with Gasteiger partial charge in [0.05, 0.1) is 12.7 Å². The second-order valence-corrected chi connectivity index (χ2v) is 6.39. The standard InChI is InChI=1S/C18H19BrO2/c1-2-21-17-9-8-13(19)10-16(17)18(20)15-11-14(15)12-6-4-3-5-7-12/h3-10,14-15,18,20H,2,11H2,1H3. The van der Waals surface area contributed by atoms with Gasteiger partial charge in [-0.3, -0.25) is 0 Å². The predicted molar refractivity (Wildman–Crippen MR) is 87.6 cm³/mol. The Morgan fingerprint density at radius 1 is 1.24 bits per heavy atom. The molecule has 0 bridgehead atoms. The molecule has 0 amide bonds. The van der Waals surface area contributed by atoms with E-state index < -0.39 is 6.10 Å². The Hall–Kier alpha value is -1.32. The number of hydrogen-bond acceptors (Lipinski definition) is 2. The predicted octanol–water partition coefficient (Wildman–Crippen LogP) is 4.68. The highest BCUT2D eigenvalue weighted by molar-refractivity contribution is 9.10. The molecule has 0 aromatic heterocycles. The Morgan fingerprint density at radius 2 is 2.00 bits per heavy atom. The van der Waals surface area contributed by atoms with Crippen LogP contribution in [0.5, 0.6) is 5.75 Å². The van der Waals surface area contributed by atoms with E-state index in [0.29, 0.717) is 12.5 Å². The lowest BCUT2D eigenvalue weighted by molar-refractivity contribution is 0.146. The molecule has 3 unspecified atom stereocenters. The topological polar surface area (TPSA) is 29.5 Å². The number of benzene rings is 2. The Bertz CT molecular complexity index is 612. The first-order valence-corrected chi connectivity index (χ1v) is 8.15. The maximum Gasteiger partial charge on any atom is 0.125 e. The van der Waals surface area contributed by atoms with Gasteiger partial charge in [0.25, 0.3) is 0 Å². The summed E-state index contributed by atoms with van der Waals surface area (Å²) >= 11 is 3.48. The summed E-state index contributed by atoms with van der Waals surface area (Å²) in [6.45, 7) is 2.57. The number of hydrogen-bond donors (Lipinski definition) is 1. The molecular formula is C18H19BrO2. The minimum Gasteiger partial charge on any atom is -0.493 e. The Kier molecular flexibility index (Phi) is 4.32. The van der Waals surface area contributed by atoms with Gasteiger partial charge in [-0.15, -0.1) is 0 Å². The lowest BCUT2D eigenvalue weighted by Crippen LogP contribution is -2.05. The van der Waals surface area contributed by atoms with Gasteiger partial charge in [0.2, 0.25) is 0 Å². The Labute approximate surface area is 133 Å². The second kappa shape index (κ2) is 6.20. The van der Waals surface area contributed by atoms with Crippen molar-refractivity contribution < 1.29 is 9.84 Å². The third-order valence-corrected chi connectivity index (χ3v) is 4.56. The summed E-state index contributed by atoms with van der Waals surface area (Å²) in [5, 5.41) is 10.7. The van der Waals surface area contributed by atoms with E-state index in [4.69, 9.17) is 4.74 Å². The van der Waals surface area contributed by atoms with E-state index in [1.807, 2.05) is 31.2 Å². The molecule has 1 saturated carbocycles. The minimum atomic E-state index is -0.478. The minimum absolute atomic E-state index is 0.279. The van der Waals surface area contributed by atoms with E-state index >= 15 is 0 Å². The van der Waals surface area contributed by atoms with Crippen LogP contribution in [0.25, 0.3) is 0 Å². The van der Waals surface area contributed by atoms with Crippen LogP contribution < -0.4 is 4.74 Å². The number of ether oxygens (including phenoxy) is 1. The third kappa shape index (κ3) is 3.14. The highest BCUT2D eigenvalue weighted by atomic mass is 79.9. The average molecular weight is 347 g/mol. The molecule has 1 fully saturated rings. The van der Waals surface area contributed by atoms with E-state index in [0.717, 1.165) is 22.2 Å². The molecule has 21 heavy (non-hydrogen) atoms. The molecule has 2 aromatic carbocycles. The Morgan fingerprint density at radius 3 is 2.71 bits per heavy atom. The van der Waals surface area contributed by atoms with Crippen molar-refractivity contribution in [3.05, 3.63) is 64.1 Å². The summed E-state index contributed by atoms with van der Waals surface area (Å²) in [5.74, 6) is 1.52. The molecule has 3 heteroatoms. The second-order valence-electron chi connectivity index (χ2n) is 5.48. The van der Waals surface area contributed by atoms with Crippen LogP contribution in [0, 0.1) is 5.92 Å². The smallest absolute Gasteiger partial charge is 0.125 e. The molecule has 0 spiro atoms. The van der Waals surface area contributed by atoms with Gasteiger partial charge in [-0.05, 0) is 48.9 Å². The average Bonchev–Trinajstić information content (AvgIpc) is 3.30. The van der Waals surface area contributed by atoms with Gasteiger partial charge in [0.1, 0.15) is 5.75 Å². The van der Waals surface area contributed by atoms with E-state index in [-0.39, 0.29) is 5.92 Å². The normalized spacial score (nSPS) is 21.9. The number of aliphatic hydroxyl groups is 1. The molecule has 0 heterocycles. The lowest BCUT2D eigenvalue weighted by atomic mass is 10.0. The van der Waals surface area contributed by atoms with Crippen molar-refractivity contribution >= 4 is 15.9 Å². The molecule has 0 radical (unpaired) electrons. The van der Waals surface area contributed by atoms with Crippen LogP contribution in [-0.4, -0.2) is 11.7 Å². The van der Waals surface area contributed by atoms with Crippen LogP contribution in [0.1, 0.15) is 36.5 Å². The van der Waals surface area contributed by atoms with Crippen LogP contribution >= 0.6 is 15.9 Å². The molecule has 1 aliphatic rings. The van der Waals surface area contributed by atoms with Crippen molar-refractivity contribution in [2.75, 3.05) is 6.61 Å². The van der Waals surface area contributed by atoms with Crippen molar-refractivity contribution in [3.63, 3.8) is 0 Å². The molecule has 1 aliphatic carbocycles. The highest BCUT2D eigenvalue weighted by Crippen LogP contribution is 2.55. The number of halogens is 1. The summed E-state index contributed by atoms with van der Waals surface area (Å²) in [6, 6.07) is 16.3. The lowest BCUT2D eigenvalue weighted by Gasteiger charge is -2.16. The molecular weight excluding hydrogens is 328 g/mol. The molecule has 3 rings (SSSR count). The van der Waals surface area contributed by atoms with Crippen LogP contribution in [0.2, 0.25) is 0 Å². The summed E-state index contributed by atoms with van der Waals surface area (Å²) < 4.78 is 6.62. The summed E-state index contributed by atoms with van der Waals surface area (Å²) in [6.07, 6.45) is 0.553. The molecule has 0 aliphatic heterocycles. The first kappa shape index (κ1) is 14.6. The van der Waals surface area contributed by atoms with Crippen molar-refractivity contribution in [2.45, 2.75) is 25.4 Å². The highest BCUT2D eigenvalue weighted by Gasteiger charge is 2.44. The van der Waals surface area contributed by atoms with Crippen LogP contribution in [-0.2, 0) is 0 Å². The molecule has 2 aromatic rings. The van der Waals surface area contributed by atoms with E-state index in [9.17, 15) is 5.11 Å². The molecule has 1 N–H and O–H groups in total. The van der Waals surface area contributed by atoms with E-state index in [1.165, 1.54) is 5.56 Å². The van der Waals surface area contributed by atoms with Crippen LogP contribution in [0.3, 0.4) is 0 Å². The largest absolute Gasteiger partial charge is 0.493 e. The number of rotatable bonds is 5. The van der Waals surface area contributed by atoms with Crippen LogP contribution in [0.4, 0.5) is 0 Å². The molecule has 110 valence electrons. The van der Waals surface area contributed by atoms with Gasteiger partial charge in [-0.2, -0.15) is 0 Å². The zero-order chi connectivity index (χ0) is 14.8. The van der Waals surface area contributed by atoms with Gasteiger partial charge in [-0.1, -0.05) is 46.3 Å². The fourth-order valence-corrected chi connectivity index (χ4v) is 3.29. The maximum absolute atomic E-state index is 10.7. The van der Waals surface area contributed by atoms with Crippen molar-refractivity contribution in [1.29, 1.82) is 0 Å². The van der Waals surface area contributed by atoms with Crippen molar-refractivity contribution in [3.8, 4) is 5.75 Å². The van der Waals surface area contributed by atoms with E-state index in [2.05, 4.69) is 40.2 Å². The SMILES string of the molecule is CCOc1ccc(Br)cc1C(O)C1CC1c1ccccc1. The summed E-state index contributed by atoms with van der Waals surface area (Å²) in [4.78, 5) is 0. The van der Waals surface area contributed by atoms with Crippen LogP contribution in [0.15, 0.2) is 53.0 Å². The quantitative estimate of drug-likeness (QED) is 0.851. The molecule has 3 atom stereocenters.